The van der Waals surface area contributed by atoms with Gasteiger partial charge < -0.3 is 5.11 Å². The molecule has 0 aliphatic rings. The maximum absolute atomic E-state index is 9.70. The Morgan fingerprint density at radius 3 is 2.21 bits per heavy atom. The van der Waals surface area contributed by atoms with Gasteiger partial charge in [0.05, 0.1) is 5.60 Å². The summed E-state index contributed by atoms with van der Waals surface area (Å²) in [6, 6.07) is 7.98. The van der Waals surface area contributed by atoms with Crippen LogP contribution in [0, 0.1) is 0 Å². The van der Waals surface area contributed by atoms with Crippen LogP contribution in [0.5, 0.6) is 0 Å². The highest BCUT2D eigenvalue weighted by Gasteiger charge is 2.15. The molecule has 1 rings (SSSR count). The average Bonchev–Trinajstić information content (AvgIpc) is 2.20. The van der Waals surface area contributed by atoms with Crippen LogP contribution in [0.25, 0.3) is 0 Å². The lowest BCUT2D eigenvalue weighted by Gasteiger charge is -2.17. The molecule has 0 unspecified atom stereocenters. The lowest BCUT2D eigenvalue weighted by Crippen LogP contribution is -2.15. The molecule has 0 aromatic heterocycles. The van der Waals surface area contributed by atoms with E-state index in [4.69, 9.17) is 0 Å². The first kappa shape index (κ1) is 13.5. The van der Waals surface area contributed by atoms with E-state index in [2.05, 4.69) is 0 Å². The summed E-state index contributed by atoms with van der Waals surface area (Å²) in [4.78, 5) is 1.19. The monoisotopic (exact) mass is 212 g/mol. The second kappa shape index (κ2) is 6.10. The predicted molar refractivity (Wildman–Crippen MR) is 64.8 cm³/mol. The summed E-state index contributed by atoms with van der Waals surface area (Å²) in [5.41, 5.74) is 0.237. The van der Waals surface area contributed by atoms with Gasteiger partial charge in [0.15, 0.2) is 0 Å². The van der Waals surface area contributed by atoms with Crippen LogP contribution >= 0.6 is 11.8 Å². The minimum Gasteiger partial charge on any atom is -0.386 e. The van der Waals surface area contributed by atoms with E-state index in [-0.39, 0.29) is 0 Å². The zero-order valence-corrected chi connectivity index (χ0v) is 10.5. The number of hydrogen-bond donors (Lipinski definition) is 1. The van der Waals surface area contributed by atoms with E-state index in [1.54, 1.807) is 25.6 Å². The van der Waals surface area contributed by atoms with Crippen LogP contribution in [-0.4, -0.2) is 11.4 Å². The number of benzene rings is 1. The molecule has 0 heterocycles. The van der Waals surface area contributed by atoms with E-state index in [9.17, 15) is 5.11 Å². The van der Waals surface area contributed by atoms with Crippen molar-refractivity contribution in [1.29, 1.82) is 0 Å². The fourth-order valence-electron chi connectivity index (χ4n) is 1.00. The predicted octanol–water partition coefficient (Wildman–Crippen LogP) is 3.66. The largest absolute Gasteiger partial charge is 0.386 e. The van der Waals surface area contributed by atoms with Crippen LogP contribution in [0.1, 0.15) is 33.3 Å². The fraction of sp³-hybridized carbons (Fsp3) is 0.500. The smallest absolute Gasteiger partial charge is 0.0840 e. The van der Waals surface area contributed by atoms with E-state index in [1.165, 1.54) is 4.90 Å². The third-order valence-electron chi connectivity index (χ3n) is 1.78. The van der Waals surface area contributed by atoms with Crippen molar-refractivity contribution in [2.45, 2.75) is 38.2 Å². The fourth-order valence-corrected chi connectivity index (χ4v) is 1.46. The van der Waals surface area contributed by atoms with Crippen molar-refractivity contribution >= 4 is 11.8 Å². The molecule has 0 saturated carbocycles. The normalized spacial score (nSPS) is 10.4. The Morgan fingerprint density at radius 2 is 1.79 bits per heavy atom. The van der Waals surface area contributed by atoms with Crippen molar-refractivity contribution in [2.75, 3.05) is 6.26 Å². The van der Waals surface area contributed by atoms with Crippen molar-refractivity contribution in [3.63, 3.8) is 0 Å². The van der Waals surface area contributed by atoms with Crippen LogP contribution in [0.3, 0.4) is 0 Å². The zero-order chi connectivity index (χ0) is 11.2. The molecular weight excluding hydrogens is 192 g/mol. The highest BCUT2D eigenvalue weighted by Crippen LogP contribution is 2.23. The Balaban J connectivity index is 0.000000791. The second-order valence-corrected chi connectivity index (χ2v) is 4.17. The number of thioether (sulfide) groups is 1. The highest BCUT2D eigenvalue weighted by molar-refractivity contribution is 7.98. The molecule has 14 heavy (non-hydrogen) atoms. The van der Waals surface area contributed by atoms with Gasteiger partial charge in [-0.25, -0.2) is 0 Å². The summed E-state index contributed by atoms with van der Waals surface area (Å²) in [5.74, 6) is 0. The molecule has 1 aromatic rings. The van der Waals surface area contributed by atoms with Crippen LogP contribution in [0.4, 0.5) is 0 Å². The molecule has 0 aliphatic carbocycles. The van der Waals surface area contributed by atoms with Crippen molar-refractivity contribution in [2.24, 2.45) is 0 Å². The van der Waals surface area contributed by atoms with Crippen molar-refractivity contribution in [3.05, 3.63) is 29.8 Å². The maximum Gasteiger partial charge on any atom is 0.0840 e. The summed E-state index contributed by atoms with van der Waals surface area (Å²) in [6.07, 6.45) is 2.03. The van der Waals surface area contributed by atoms with Gasteiger partial charge in [0.2, 0.25) is 0 Å². The maximum atomic E-state index is 9.70. The molecule has 1 N–H and O–H groups in total. The van der Waals surface area contributed by atoms with Gasteiger partial charge in [-0.3, -0.25) is 0 Å². The minimum absolute atomic E-state index is 0.730. The molecular formula is C12H20OS. The second-order valence-electron chi connectivity index (χ2n) is 3.29. The Labute approximate surface area is 91.5 Å². The molecule has 80 valence electrons. The third-order valence-corrected chi connectivity index (χ3v) is 2.50. The number of aliphatic hydroxyl groups is 1. The molecule has 1 nitrogen and oxygen atoms in total. The van der Waals surface area contributed by atoms with E-state index in [0.717, 1.165) is 5.56 Å². The van der Waals surface area contributed by atoms with Gasteiger partial charge in [-0.1, -0.05) is 26.0 Å². The Bertz CT molecular complexity index is 263. The lowest BCUT2D eigenvalue weighted by atomic mass is 9.99. The molecule has 0 spiro atoms. The van der Waals surface area contributed by atoms with Gasteiger partial charge in [0.1, 0.15) is 0 Å². The molecule has 0 saturated heterocycles. The van der Waals surface area contributed by atoms with Gasteiger partial charge in [0.25, 0.3) is 0 Å². The molecule has 0 radical (unpaired) electrons. The highest BCUT2D eigenvalue weighted by atomic mass is 32.2. The van der Waals surface area contributed by atoms with Crippen LogP contribution in [0.2, 0.25) is 0 Å². The Morgan fingerprint density at radius 1 is 1.21 bits per heavy atom. The topological polar surface area (TPSA) is 20.2 Å². The van der Waals surface area contributed by atoms with Crippen molar-refractivity contribution in [3.8, 4) is 0 Å². The molecule has 1 aromatic carbocycles. The third kappa shape index (κ3) is 4.16. The summed E-state index contributed by atoms with van der Waals surface area (Å²) in [5, 5.41) is 9.70. The van der Waals surface area contributed by atoms with Gasteiger partial charge in [0, 0.05) is 4.90 Å². The Hall–Kier alpha value is -0.470. The summed E-state index contributed by atoms with van der Waals surface area (Å²) >= 11 is 1.69. The van der Waals surface area contributed by atoms with Gasteiger partial charge >= 0.3 is 0 Å². The average molecular weight is 212 g/mol. The van der Waals surface area contributed by atoms with E-state index in [0.29, 0.717) is 0 Å². The molecule has 0 amide bonds. The SMILES string of the molecule is CC.CSc1cccc(C(C)(C)O)c1. The first-order chi connectivity index (χ1) is 6.54. The molecule has 2 heteroatoms. The first-order valence-electron chi connectivity index (χ1n) is 4.91. The summed E-state index contributed by atoms with van der Waals surface area (Å²) in [7, 11) is 0. The molecule has 0 atom stereocenters. The minimum atomic E-state index is -0.730. The van der Waals surface area contributed by atoms with Gasteiger partial charge in [-0.05, 0) is 37.8 Å². The van der Waals surface area contributed by atoms with Crippen LogP contribution in [0.15, 0.2) is 29.2 Å². The first-order valence-corrected chi connectivity index (χ1v) is 6.13. The van der Waals surface area contributed by atoms with E-state index < -0.39 is 5.60 Å². The van der Waals surface area contributed by atoms with Gasteiger partial charge in [-0.2, -0.15) is 0 Å². The quantitative estimate of drug-likeness (QED) is 0.755. The van der Waals surface area contributed by atoms with Gasteiger partial charge in [-0.15, -0.1) is 11.8 Å². The van der Waals surface area contributed by atoms with Crippen LogP contribution in [-0.2, 0) is 5.60 Å². The van der Waals surface area contributed by atoms with Crippen molar-refractivity contribution < 1.29 is 5.11 Å². The molecule has 0 aliphatic heterocycles. The zero-order valence-electron chi connectivity index (χ0n) is 9.66. The number of hydrogen-bond acceptors (Lipinski definition) is 2. The van der Waals surface area contributed by atoms with Crippen molar-refractivity contribution in [1.82, 2.24) is 0 Å². The lowest BCUT2D eigenvalue weighted by molar-refractivity contribution is 0.0784. The summed E-state index contributed by atoms with van der Waals surface area (Å²) in [6.45, 7) is 7.60. The number of rotatable bonds is 2. The van der Waals surface area contributed by atoms with E-state index >= 15 is 0 Å². The van der Waals surface area contributed by atoms with Crippen LogP contribution < -0.4 is 0 Å². The molecule has 0 bridgehead atoms. The summed E-state index contributed by atoms with van der Waals surface area (Å²) < 4.78 is 0. The standard InChI is InChI=1S/C10H14OS.C2H6/c1-10(2,11)8-5-4-6-9(7-8)12-3;1-2/h4-7,11H,1-3H3;1-2H3. The Kier molecular flexibility index (Phi) is 5.89. The van der Waals surface area contributed by atoms with E-state index in [1.807, 2.05) is 44.4 Å². The molecule has 0 fully saturated rings.